The summed E-state index contributed by atoms with van der Waals surface area (Å²) in [6.45, 7) is 6.97. The molecule has 1 aromatic heterocycles. The van der Waals surface area contributed by atoms with Crippen molar-refractivity contribution in [1.82, 2.24) is 9.97 Å². The molecular formula is C21H24N4. The Bertz CT molecular complexity index is 859. The topological polar surface area (TPSA) is 41.1 Å². The molecule has 0 spiro atoms. The van der Waals surface area contributed by atoms with E-state index in [1.165, 1.54) is 16.7 Å². The van der Waals surface area contributed by atoms with Gasteiger partial charge in [-0.25, -0.2) is 4.98 Å². The fourth-order valence-corrected chi connectivity index (χ4v) is 2.73. The van der Waals surface area contributed by atoms with Crippen molar-refractivity contribution in [3.05, 3.63) is 77.0 Å². The quantitative estimate of drug-likeness (QED) is 0.730. The van der Waals surface area contributed by atoms with Gasteiger partial charge in [0.2, 0.25) is 5.95 Å². The van der Waals surface area contributed by atoms with Crippen LogP contribution in [0.3, 0.4) is 0 Å². The van der Waals surface area contributed by atoms with Crippen LogP contribution >= 0.6 is 0 Å². The van der Waals surface area contributed by atoms with E-state index in [0.717, 1.165) is 23.7 Å². The van der Waals surface area contributed by atoms with Gasteiger partial charge >= 0.3 is 0 Å². The van der Waals surface area contributed by atoms with Crippen LogP contribution in [0.4, 0.5) is 17.5 Å². The lowest BCUT2D eigenvalue weighted by molar-refractivity contribution is 0.888. The number of benzene rings is 2. The SMILES string of the molecule is Cc1ccc(C)c(Nc2nc(C)cc(N(C)Cc3ccccc3)n2)c1. The predicted molar refractivity (Wildman–Crippen MR) is 105 cm³/mol. The zero-order valence-corrected chi connectivity index (χ0v) is 15.2. The molecule has 25 heavy (non-hydrogen) atoms. The van der Waals surface area contributed by atoms with Crippen LogP contribution < -0.4 is 10.2 Å². The van der Waals surface area contributed by atoms with Crippen molar-refractivity contribution in [2.24, 2.45) is 0 Å². The monoisotopic (exact) mass is 332 g/mol. The smallest absolute Gasteiger partial charge is 0.229 e. The molecule has 3 aromatic rings. The summed E-state index contributed by atoms with van der Waals surface area (Å²) in [4.78, 5) is 11.4. The van der Waals surface area contributed by atoms with E-state index >= 15 is 0 Å². The summed E-state index contributed by atoms with van der Waals surface area (Å²) in [5.74, 6) is 1.53. The Hall–Kier alpha value is -2.88. The molecule has 0 atom stereocenters. The molecule has 0 aliphatic heterocycles. The number of nitrogens with zero attached hydrogens (tertiary/aromatic N) is 3. The van der Waals surface area contributed by atoms with Crippen LogP contribution in [0.2, 0.25) is 0 Å². The maximum atomic E-state index is 4.70. The summed E-state index contributed by atoms with van der Waals surface area (Å²) < 4.78 is 0. The van der Waals surface area contributed by atoms with Gasteiger partial charge in [-0.1, -0.05) is 42.5 Å². The second-order valence-electron chi connectivity index (χ2n) is 6.48. The van der Waals surface area contributed by atoms with E-state index in [9.17, 15) is 0 Å². The molecule has 0 saturated carbocycles. The minimum Gasteiger partial charge on any atom is -0.355 e. The third-order valence-corrected chi connectivity index (χ3v) is 4.13. The van der Waals surface area contributed by atoms with Gasteiger partial charge < -0.3 is 10.2 Å². The number of hydrogen-bond donors (Lipinski definition) is 1. The van der Waals surface area contributed by atoms with Crippen molar-refractivity contribution in [2.75, 3.05) is 17.3 Å². The van der Waals surface area contributed by atoms with Crippen LogP contribution in [-0.4, -0.2) is 17.0 Å². The van der Waals surface area contributed by atoms with Gasteiger partial charge in [-0.3, -0.25) is 0 Å². The fraction of sp³-hybridized carbons (Fsp3) is 0.238. The molecule has 0 aliphatic carbocycles. The van der Waals surface area contributed by atoms with Crippen molar-refractivity contribution < 1.29 is 0 Å². The van der Waals surface area contributed by atoms with E-state index in [1.54, 1.807) is 0 Å². The Balaban J connectivity index is 1.84. The molecule has 0 aliphatic rings. The van der Waals surface area contributed by atoms with Crippen molar-refractivity contribution in [2.45, 2.75) is 27.3 Å². The molecule has 1 N–H and O–H groups in total. The highest BCUT2D eigenvalue weighted by molar-refractivity contribution is 5.60. The van der Waals surface area contributed by atoms with Gasteiger partial charge in [0.25, 0.3) is 0 Å². The molecule has 0 bridgehead atoms. The maximum Gasteiger partial charge on any atom is 0.229 e. The first-order valence-electron chi connectivity index (χ1n) is 8.46. The van der Waals surface area contributed by atoms with Gasteiger partial charge in [-0.2, -0.15) is 4.98 Å². The number of aromatic nitrogens is 2. The Morgan fingerprint density at radius 1 is 0.920 bits per heavy atom. The highest BCUT2D eigenvalue weighted by atomic mass is 15.2. The van der Waals surface area contributed by atoms with E-state index in [4.69, 9.17) is 4.98 Å². The number of hydrogen-bond acceptors (Lipinski definition) is 4. The van der Waals surface area contributed by atoms with Crippen molar-refractivity contribution in [3.63, 3.8) is 0 Å². The van der Waals surface area contributed by atoms with Crippen molar-refractivity contribution in [1.29, 1.82) is 0 Å². The molecule has 4 nitrogen and oxygen atoms in total. The number of anilines is 3. The molecule has 2 aromatic carbocycles. The summed E-state index contributed by atoms with van der Waals surface area (Å²) in [6, 6.07) is 18.7. The van der Waals surface area contributed by atoms with E-state index < -0.39 is 0 Å². The van der Waals surface area contributed by atoms with Gasteiger partial charge in [-0.15, -0.1) is 0 Å². The number of nitrogens with one attached hydrogen (secondary N) is 1. The van der Waals surface area contributed by atoms with Gasteiger partial charge in [0.1, 0.15) is 5.82 Å². The first-order valence-corrected chi connectivity index (χ1v) is 8.46. The summed E-state index contributed by atoms with van der Waals surface area (Å²) in [5, 5.41) is 3.36. The predicted octanol–water partition coefficient (Wildman–Crippen LogP) is 4.78. The Morgan fingerprint density at radius 2 is 1.68 bits per heavy atom. The van der Waals surface area contributed by atoms with E-state index in [1.807, 2.05) is 19.1 Å². The molecule has 128 valence electrons. The van der Waals surface area contributed by atoms with Crippen LogP contribution in [-0.2, 0) is 6.54 Å². The van der Waals surface area contributed by atoms with Gasteiger partial charge in [0.15, 0.2) is 0 Å². The Kier molecular flexibility index (Phi) is 4.98. The highest BCUT2D eigenvalue weighted by Gasteiger charge is 2.09. The van der Waals surface area contributed by atoms with E-state index in [2.05, 4.69) is 78.6 Å². The van der Waals surface area contributed by atoms with Gasteiger partial charge in [-0.05, 0) is 43.5 Å². The maximum absolute atomic E-state index is 4.70. The largest absolute Gasteiger partial charge is 0.355 e. The average Bonchev–Trinajstić information content (AvgIpc) is 2.58. The molecular weight excluding hydrogens is 308 g/mol. The third kappa shape index (κ3) is 4.35. The first-order chi connectivity index (χ1) is 12.0. The van der Waals surface area contributed by atoms with Crippen molar-refractivity contribution in [3.8, 4) is 0 Å². The van der Waals surface area contributed by atoms with Gasteiger partial charge in [0, 0.05) is 31.0 Å². The second-order valence-corrected chi connectivity index (χ2v) is 6.48. The second kappa shape index (κ2) is 7.34. The first kappa shape index (κ1) is 17.0. The standard InChI is InChI=1S/C21H24N4/c1-15-10-11-16(2)19(12-15)23-21-22-17(3)13-20(24-21)25(4)14-18-8-6-5-7-9-18/h5-13H,14H2,1-4H3,(H,22,23,24). The highest BCUT2D eigenvalue weighted by Crippen LogP contribution is 2.22. The molecule has 0 amide bonds. The van der Waals surface area contributed by atoms with Crippen LogP contribution in [0, 0.1) is 20.8 Å². The van der Waals surface area contributed by atoms with Crippen LogP contribution in [0.1, 0.15) is 22.4 Å². The summed E-state index contributed by atoms with van der Waals surface area (Å²) in [7, 11) is 2.05. The summed E-state index contributed by atoms with van der Waals surface area (Å²) in [6.07, 6.45) is 0. The normalized spacial score (nSPS) is 10.6. The molecule has 3 rings (SSSR count). The van der Waals surface area contributed by atoms with Gasteiger partial charge in [0.05, 0.1) is 0 Å². The van der Waals surface area contributed by atoms with E-state index in [0.29, 0.717) is 5.95 Å². The third-order valence-electron chi connectivity index (χ3n) is 4.13. The van der Waals surface area contributed by atoms with Crippen LogP contribution in [0.25, 0.3) is 0 Å². The minimum absolute atomic E-state index is 0.628. The molecule has 0 unspecified atom stereocenters. The van der Waals surface area contributed by atoms with Crippen LogP contribution in [0.5, 0.6) is 0 Å². The summed E-state index contributed by atoms with van der Waals surface area (Å²) >= 11 is 0. The average molecular weight is 332 g/mol. The van der Waals surface area contributed by atoms with Crippen molar-refractivity contribution >= 4 is 17.5 Å². The fourth-order valence-electron chi connectivity index (χ4n) is 2.73. The van der Waals surface area contributed by atoms with E-state index in [-0.39, 0.29) is 0 Å². The Labute approximate surface area is 149 Å². The number of aryl methyl sites for hydroxylation is 3. The lowest BCUT2D eigenvalue weighted by atomic mass is 10.1. The van der Waals surface area contributed by atoms with Crippen LogP contribution in [0.15, 0.2) is 54.6 Å². The summed E-state index contributed by atoms with van der Waals surface area (Å²) in [5.41, 5.74) is 5.63. The Morgan fingerprint density at radius 3 is 2.44 bits per heavy atom. The minimum atomic E-state index is 0.628. The molecule has 0 fully saturated rings. The zero-order valence-electron chi connectivity index (χ0n) is 15.2. The molecule has 4 heteroatoms. The molecule has 0 saturated heterocycles. The molecule has 1 heterocycles. The molecule has 0 radical (unpaired) electrons. The lowest BCUT2D eigenvalue weighted by Gasteiger charge is -2.20. The number of rotatable bonds is 5. The lowest BCUT2D eigenvalue weighted by Crippen LogP contribution is -2.18. The zero-order chi connectivity index (χ0) is 17.8.